The molecule has 0 spiro atoms. The van der Waals surface area contributed by atoms with Crippen molar-refractivity contribution >= 4 is 37.4 Å². The van der Waals surface area contributed by atoms with Crippen LogP contribution in [0.15, 0.2) is 57.9 Å². The van der Waals surface area contributed by atoms with Crippen molar-refractivity contribution < 1.29 is 8.42 Å². The van der Waals surface area contributed by atoms with E-state index in [2.05, 4.69) is 15.9 Å². The first-order valence-electron chi connectivity index (χ1n) is 7.52. The third-order valence-corrected chi connectivity index (χ3v) is 7.97. The van der Waals surface area contributed by atoms with Gasteiger partial charge in [0, 0.05) is 33.9 Å². The SMILES string of the molecule is NCC1(CN)[C@@H](c2ccc(Br)cc2)[C@@H]1S(=O)(=O)c1ccc(Cl)cc1. The monoisotopic (exact) mass is 428 g/mol. The number of benzene rings is 2. The standard InChI is InChI=1S/C17H18BrClN2O2S/c18-12-3-1-11(2-4-12)15-16(17(15,9-20)10-21)24(22,23)14-7-5-13(19)6-8-14/h1-8,15-16H,9-10,20-21H2/t15-,16-/m0/s1. The van der Waals surface area contributed by atoms with Crippen molar-refractivity contribution in [1.82, 2.24) is 0 Å². The molecule has 0 radical (unpaired) electrons. The van der Waals surface area contributed by atoms with E-state index in [4.69, 9.17) is 23.1 Å². The molecule has 128 valence electrons. The van der Waals surface area contributed by atoms with E-state index in [1.54, 1.807) is 12.1 Å². The number of hydrogen-bond donors (Lipinski definition) is 2. The van der Waals surface area contributed by atoms with Gasteiger partial charge in [-0.2, -0.15) is 0 Å². The van der Waals surface area contributed by atoms with Gasteiger partial charge in [-0.15, -0.1) is 0 Å². The Hall–Kier alpha value is -0.920. The number of nitrogens with two attached hydrogens (primary N) is 2. The molecule has 1 saturated carbocycles. The Labute approximate surface area is 155 Å². The van der Waals surface area contributed by atoms with E-state index in [-0.39, 0.29) is 23.9 Å². The summed E-state index contributed by atoms with van der Waals surface area (Å²) in [6.45, 7) is 0.448. The van der Waals surface area contributed by atoms with Gasteiger partial charge in [0.15, 0.2) is 9.84 Å². The molecule has 7 heteroatoms. The molecule has 0 heterocycles. The second-order valence-corrected chi connectivity index (χ2v) is 9.51. The van der Waals surface area contributed by atoms with Crippen molar-refractivity contribution in [3.8, 4) is 0 Å². The molecule has 4 N–H and O–H groups in total. The summed E-state index contributed by atoms with van der Waals surface area (Å²) in [5.41, 5.74) is 12.2. The second kappa shape index (κ2) is 6.42. The highest BCUT2D eigenvalue weighted by molar-refractivity contribution is 9.10. The van der Waals surface area contributed by atoms with E-state index < -0.39 is 20.5 Å². The normalized spacial score (nSPS) is 22.3. The lowest BCUT2D eigenvalue weighted by Gasteiger charge is -2.13. The Kier molecular flexibility index (Phi) is 4.79. The average Bonchev–Trinajstić information content (AvgIpc) is 3.26. The fourth-order valence-corrected chi connectivity index (χ4v) is 6.32. The molecular formula is C17H18BrClN2O2S. The maximum Gasteiger partial charge on any atom is 0.182 e. The molecule has 0 unspecified atom stereocenters. The van der Waals surface area contributed by atoms with Crippen molar-refractivity contribution in [3.05, 3.63) is 63.6 Å². The minimum atomic E-state index is -3.55. The van der Waals surface area contributed by atoms with Crippen molar-refractivity contribution in [2.75, 3.05) is 13.1 Å². The molecule has 0 bridgehead atoms. The van der Waals surface area contributed by atoms with E-state index in [0.29, 0.717) is 5.02 Å². The lowest BCUT2D eigenvalue weighted by Crippen LogP contribution is -2.31. The van der Waals surface area contributed by atoms with Gasteiger partial charge in [0.05, 0.1) is 10.1 Å². The van der Waals surface area contributed by atoms with Crippen LogP contribution in [0.1, 0.15) is 11.5 Å². The Morgan fingerprint density at radius 2 is 1.54 bits per heavy atom. The molecule has 0 saturated heterocycles. The van der Waals surface area contributed by atoms with E-state index in [9.17, 15) is 8.42 Å². The molecule has 24 heavy (non-hydrogen) atoms. The molecule has 2 aromatic rings. The third-order valence-electron chi connectivity index (χ3n) is 4.85. The van der Waals surface area contributed by atoms with Crippen molar-refractivity contribution in [3.63, 3.8) is 0 Å². The van der Waals surface area contributed by atoms with Crippen LogP contribution in [0.25, 0.3) is 0 Å². The Morgan fingerprint density at radius 3 is 2.04 bits per heavy atom. The first-order valence-corrected chi connectivity index (χ1v) is 10.2. The van der Waals surface area contributed by atoms with Gasteiger partial charge in [0.2, 0.25) is 0 Å². The molecule has 0 aromatic heterocycles. The molecule has 4 nitrogen and oxygen atoms in total. The van der Waals surface area contributed by atoms with Gasteiger partial charge in [-0.1, -0.05) is 39.7 Å². The van der Waals surface area contributed by atoms with E-state index in [0.717, 1.165) is 10.0 Å². The van der Waals surface area contributed by atoms with E-state index >= 15 is 0 Å². The van der Waals surface area contributed by atoms with Crippen LogP contribution in [0.3, 0.4) is 0 Å². The molecule has 1 aliphatic carbocycles. The number of halogens is 2. The number of hydrogen-bond acceptors (Lipinski definition) is 4. The molecule has 0 aliphatic heterocycles. The van der Waals surface area contributed by atoms with Crippen molar-refractivity contribution in [2.45, 2.75) is 16.1 Å². The minimum Gasteiger partial charge on any atom is -0.330 e. The summed E-state index contributed by atoms with van der Waals surface area (Å²) < 4.78 is 27.2. The van der Waals surface area contributed by atoms with Gasteiger partial charge in [-0.05, 0) is 42.0 Å². The first-order chi connectivity index (χ1) is 11.4. The van der Waals surface area contributed by atoms with E-state index in [1.165, 1.54) is 12.1 Å². The number of sulfone groups is 1. The van der Waals surface area contributed by atoms with Gasteiger partial charge in [-0.3, -0.25) is 0 Å². The second-order valence-electron chi connectivity index (χ2n) is 6.09. The Morgan fingerprint density at radius 1 is 1.00 bits per heavy atom. The van der Waals surface area contributed by atoms with Crippen LogP contribution in [0.5, 0.6) is 0 Å². The summed E-state index contributed by atoms with van der Waals surface area (Å²) in [6, 6.07) is 13.9. The zero-order valence-electron chi connectivity index (χ0n) is 12.8. The topological polar surface area (TPSA) is 86.2 Å². The Bertz CT molecular complexity index is 834. The molecule has 1 aliphatic rings. The minimum absolute atomic E-state index is 0.207. The van der Waals surface area contributed by atoms with Gasteiger partial charge in [-0.25, -0.2) is 8.42 Å². The molecule has 1 fully saturated rings. The highest BCUT2D eigenvalue weighted by Crippen LogP contribution is 2.63. The van der Waals surface area contributed by atoms with Gasteiger partial charge in [0.1, 0.15) is 0 Å². The fraction of sp³-hybridized carbons (Fsp3) is 0.294. The highest BCUT2D eigenvalue weighted by atomic mass is 79.9. The van der Waals surface area contributed by atoms with Crippen LogP contribution in [-0.2, 0) is 9.84 Å². The quantitative estimate of drug-likeness (QED) is 0.765. The molecule has 2 atom stereocenters. The van der Waals surface area contributed by atoms with Gasteiger partial charge >= 0.3 is 0 Å². The van der Waals surface area contributed by atoms with Crippen LogP contribution >= 0.6 is 27.5 Å². The summed E-state index contributed by atoms with van der Waals surface area (Å²) in [7, 11) is -3.55. The summed E-state index contributed by atoms with van der Waals surface area (Å²) in [4.78, 5) is 0.253. The maximum absolute atomic E-state index is 13.1. The van der Waals surface area contributed by atoms with Crippen LogP contribution < -0.4 is 11.5 Å². The van der Waals surface area contributed by atoms with Gasteiger partial charge < -0.3 is 11.5 Å². The fourth-order valence-electron chi connectivity index (χ4n) is 3.46. The predicted molar refractivity (Wildman–Crippen MR) is 99.9 cm³/mol. The summed E-state index contributed by atoms with van der Waals surface area (Å²) in [5, 5.41) is -0.125. The predicted octanol–water partition coefficient (Wildman–Crippen LogP) is 2.95. The average molecular weight is 430 g/mol. The lowest BCUT2D eigenvalue weighted by atomic mass is 9.99. The van der Waals surface area contributed by atoms with Gasteiger partial charge in [0.25, 0.3) is 0 Å². The molecule has 0 amide bonds. The Balaban J connectivity index is 2.04. The maximum atomic E-state index is 13.1. The molecule has 2 aromatic carbocycles. The highest BCUT2D eigenvalue weighted by Gasteiger charge is 2.69. The summed E-state index contributed by atoms with van der Waals surface area (Å²) in [6.07, 6.45) is 0. The molecular weight excluding hydrogens is 412 g/mol. The van der Waals surface area contributed by atoms with Crippen LogP contribution in [0.2, 0.25) is 5.02 Å². The smallest absolute Gasteiger partial charge is 0.182 e. The van der Waals surface area contributed by atoms with Crippen LogP contribution in [0.4, 0.5) is 0 Å². The first kappa shape index (κ1) is 17.9. The van der Waals surface area contributed by atoms with Crippen LogP contribution in [-0.4, -0.2) is 26.8 Å². The number of rotatable bonds is 5. The third kappa shape index (κ3) is 2.80. The largest absolute Gasteiger partial charge is 0.330 e. The van der Waals surface area contributed by atoms with Crippen molar-refractivity contribution in [2.24, 2.45) is 16.9 Å². The summed E-state index contributed by atoms with van der Waals surface area (Å²) >= 11 is 9.26. The van der Waals surface area contributed by atoms with Crippen molar-refractivity contribution in [1.29, 1.82) is 0 Å². The van der Waals surface area contributed by atoms with Crippen LogP contribution in [0, 0.1) is 5.41 Å². The lowest BCUT2D eigenvalue weighted by molar-refractivity contribution is 0.510. The zero-order valence-corrected chi connectivity index (χ0v) is 16.0. The zero-order chi connectivity index (χ0) is 17.5. The molecule has 3 rings (SSSR count). The summed E-state index contributed by atoms with van der Waals surface area (Å²) in [5.74, 6) is -0.207. The van der Waals surface area contributed by atoms with E-state index in [1.807, 2.05) is 24.3 Å².